The molecule has 0 N–H and O–H groups in total. The fourth-order valence-corrected chi connectivity index (χ4v) is 3.61. The Morgan fingerprint density at radius 3 is 2.63 bits per heavy atom. The van der Waals surface area contributed by atoms with Crippen molar-refractivity contribution in [2.75, 3.05) is 11.4 Å². The molecular weight excluding hydrogens is 379 g/mol. The van der Waals surface area contributed by atoms with Crippen molar-refractivity contribution in [2.24, 2.45) is 0 Å². The predicted molar refractivity (Wildman–Crippen MR) is 95.3 cm³/mol. The van der Waals surface area contributed by atoms with E-state index in [1.165, 1.54) is 4.90 Å². The minimum atomic E-state index is -0.885. The number of hydrogen-bond donors (Lipinski definition) is 0. The third kappa shape index (κ3) is 3.39. The summed E-state index contributed by atoms with van der Waals surface area (Å²) in [6.45, 7) is 7.00. The zero-order chi connectivity index (χ0) is 20.0. The fourth-order valence-electron chi connectivity index (χ4n) is 3.38. The smallest absolute Gasteiger partial charge is 0.339 e. The number of rotatable bonds is 3. The summed E-state index contributed by atoms with van der Waals surface area (Å²) in [5.74, 6) is -2.26. The number of nitrogens with zero attached hydrogens (tertiary/aromatic N) is 2. The van der Waals surface area contributed by atoms with Crippen molar-refractivity contribution in [2.45, 2.75) is 52.0 Å². The van der Waals surface area contributed by atoms with E-state index in [-0.39, 0.29) is 28.9 Å². The SMILES string of the molecule is CC(C)OC(=O)c1cc(N2C(=O)C3C(C)OC(C)CN3C2=O)c(F)cc1Cl. The first-order valence-corrected chi connectivity index (χ1v) is 8.99. The number of benzene rings is 1. The molecule has 0 bridgehead atoms. The van der Waals surface area contributed by atoms with E-state index in [2.05, 4.69) is 0 Å². The van der Waals surface area contributed by atoms with Crippen LogP contribution in [0.3, 0.4) is 0 Å². The molecule has 9 heteroatoms. The Morgan fingerprint density at radius 2 is 2.00 bits per heavy atom. The molecule has 7 nitrogen and oxygen atoms in total. The van der Waals surface area contributed by atoms with Crippen LogP contribution >= 0.6 is 11.6 Å². The molecule has 2 saturated heterocycles. The highest BCUT2D eigenvalue weighted by Gasteiger charge is 2.52. The Hall–Kier alpha value is -2.19. The van der Waals surface area contributed by atoms with Gasteiger partial charge in [-0.1, -0.05) is 11.6 Å². The van der Waals surface area contributed by atoms with Crippen molar-refractivity contribution in [1.82, 2.24) is 4.90 Å². The van der Waals surface area contributed by atoms with Crippen LogP contribution < -0.4 is 4.90 Å². The average Bonchev–Trinajstić information content (AvgIpc) is 2.78. The molecule has 0 aromatic heterocycles. The molecule has 146 valence electrons. The zero-order valence-electron chi connectivity index (χ0n) is 15.4. The molecule has 2 aliphatic heterocycles. The number of esters is 1. The van der Waals surface area contributed by atoms with Crippen LogP contribution in [-0.4, -0.2) is 53.7 Å². The molecule has 3 rings (SSSR count). The summed E-state index contributed by atoms with van der Waals surface area (Å²) in [7, 11) is 0. The van der Waals surface area contributed by atoms with Gasteiger partial charge in [0.1, 0.15) is 11.9 Å². The summed E-state index contributed by atoms with van der Waals surface area (Å²) in [5, 5.41) is -0.163. The van der Waals surface area contributed by atoms with Crippen molar-refractivity contribution >= 4 is 35.2 Å². The molecule has 2 heterocycles. The number of carbonyl (C=O) groups is 3. The van der Waals surface area contributed by atoms with Crippen LogP contribution in [-0.2, 0) is 14.3 Å². The summed E-state index contributed by atoms with van der Waals surface area (Å²) in [5.41, 5.74) is -0.454. The van der Waals surface area contributed by atoms with Crippen LogP contribution in [0.4, 0.5) is 14.9 Å². The molecule has 0 radical (unpaired) electrons. The lowest BCUT2D eigenvalue weighted by atomic mass is 10.1. The summed E-state index contributed by atoms with van der Waals surface area (Å²) in [6, 6.07) is 0.478. The van der Waals surface area contributed by atoms with Gasteiger partial charge in [-0.05, 0) is 39.8 Å². The van der Waals surface area contributed by atoms with E-state index in [0.29, 0.717) is 0 Å². The standard InChI is InChI=1S/C18H20ClFN2O5/c1-8(2)26-17(24)11-5-14(13(20)6-12(11)19)22-16(23)15-10(4)27-9(3)7-21(15)18(22)25/h5-6,8-10,15H,7H2,1-4H3. The van der Waals surface area contributed by atoms with Crippen LogP contribution in [0.2, 0.25) is 5.02 Å². The second kappa shape index (κ2) is 7.09. The average molecular weight is 399 g/mol. The number of carbonyl (C=O) groups excluding carboxylic acids is 3. The maximum absolute atomic E-state index is 14.6. The van der Waals surface area contributed by atoms with Crippen LogP contribution in [0.5, 0.6) is 0 Å². The molecule has 1 aromatic carbocycles. The molecule has 2 fully saturated rings. The first kappa shape index (κ1) is 19.6. The van der Waals surface area contributed by atoms with Crippen LogP contribution in [0.25, 0.3) is 0 Å². The van der Waals surface area contributed by atoms with Crippen molar-refractivity contribution in [1.29, 1.82) is 0 Å². The Morgan fingerprint density at radius 1 is 1.33 bits per heavy atom. The molecule has 0 aliphatic carbocycles. The van der Waals surface area contributed by atoms with Crippen LogP contribution in [0, 0.1) is 5.82 Å². The third-order valence-electron chi connectivity index (χ3n) is 4.43. The van der Waals surface area contributed by atoms with E-state index in [0.717, 1.165) is 17.0 Å². The van der Waals surface area contributed by atoms with Gasteiger partial charge in [0.2, 0.25) is 0 Å². The topological polar surface area (TPSA) is 76.2 Å². The van der Waals surface area contributed by atoms with Gasteiger partial charge in [0, 0.05) is 6.54 Å². The number of imide groups is 1. The number of halogens is 2. The fraction of sp³-hybridized carbons (Fsp3) is 0.500. The lowest BCUT2D eigenvalue weighted by molar-refractivity contribution is -0.132. The predicted octanol–water partition coefficient (Wildman–Crippen LogP) is 2.99. The highest BCUT2D eigenvalue weighted by Crippen LogP contribution is 2.35. The van der Waals surface area contributed by atoms with E-state index in [4.69, 9.17) is 21.1 Å². The molecule has 27 heavy (non-hydrogen) atoms. The van der Waals surface area contributed by atoms with Gasteiger partial charge in [0.05, 0.1) is 34.6 Å². The Labute approximate surface area is 160 Å². The highest BCUT2D eigenvalue weighted by molar-refractivity contribution is 6.34. The monoisotopic (exact) mass is 398 g/mol. The van der Waals surface area contributed by atoms with Crippen molar-refractivity contribution in [3.63, 3.8) is 0 Å². The van der Waals surface area contributed by atoms with Gasteiger partial charge in [-0.2, -0.15) is 0 Å². The number of fused-ring (bicyclic) bond motifs is 1. The van der Waals surface area contributed by atoms with E-state index in [1.807, 2.05) is 0 Å². The summed E-state index contributed by atoms with van der Waals surface area (Å²) in [4.78, 5) is 39.9. The molecule has 3 unspecified atom stereocenters. The Kier molecular flexibility index (Phi) is 5.14. The number of amides is 3. The van der Waals surface area contributed by atoms with Crippen LogP contribution in [0.15, 0.2) is 12.1 Å². The largest absolute Gasteiger partial charge is 0.459 e. The van der Waals surface area contributed by atoms with Gasteiger partial charge in [-0.25, -0.2) is 18.9 Å². The minimum absolute atomic E-state index is 0.120. The maximum atomic E-state index is 14.6. The van der Waals surface area contributed by atoms with Gasteiger partial charge < -0.3 is 14.4 Å². The van der Waals surface area contributed by atoms with E-state index in [1.54, 1.807) is 27.7 Å². The quantitative estimate of drug-likeness (QED) is 0.578. The second-order valence-corrected chi connectivity index (χ2v) is 7.35. The molecule has 0 saturated carbocycles. The van der Waals surface area contributed by atoms with Gasteiger partial charge in [0.15, 0.2) is 0 Å². The van der Waals surface area contributed by atoms with Crippen LogP contribution in [0.1, 0.15) is 38.1 Å². The van der Waals surface area contributed by atoms with Gasteiger partial charge in [-0.3, -0.25) is 4.79 Å². The molecular formula is C18H20ClFN2O5. The number of morpholine rings is 1. The first-order chi connectivity index (χ1) is 12.6. The van der Waals surface area contributed by atoms with E-state index >= 15 is 0 Å². The Balaban J connectivity index is 2.02. The van der Waals surface area contributed by atoms with Crippen molar-refractivity contribution in [3.05, 3.63) is 28.5 Å². The first-order valence-electron chi connectivity index (χ1n) is 8.61. The summed E-state index contributed by atoms with van der Waals surface area (Å²) < 4.78 is 25.3. The molecule has 1 aromatic rings. The zero-order valence-corrected chi connectivity index (χ0v) is 16.1. The molecule has 3 amide bonds. The number of urea groups is 1. The molecule has 2 aliphatic rings. The summed E-state index contributed by atoms with van der Waals surface area (Å²) >= 11 is 5.96. The van der Waals surface area contributed by atoms with Gasteiger partial charge >= 0.3 is 12.0 Å². The maximum Gasteiger partial charge on any atom is 0.339 e. The molecule has 3 atom stereocenters. The lowest BCUT2D eigenvalue weighted by Crippen LogP contribution is -2.53. The van der Waals surface area contributed by atoms with Crippen molar-refractivity contribution in [3.8, 4) is 0 Å². The lowest BCUT2D eigenvalue weighted by Gasteiger charge is -2.35. The highest BCUT2D eigenvalue weighted by atomic mass is 35.5. The minimum Gasteiger partial charge on any atom is -0.459 e. The molecule has 0 spiro atoms. The third-order valence-corrected chi connectivity index (χ3v) is 4.74. The normalized spacial score (nSPS) is 25.2. The number of anilines is 1. The second-order valence-electron chi connectivity index (χ2n) is 6.94. The van der Waals surface area contributed by atoms with Crippen molar-refractivity contribution < 1.29 is 28.2 Å². The van der Waals surface area contributed by atoms with E-state index in [9.17, 15) is 18.8 Å². The van der Waals surface area contributed by atoms with Gasteiger partial charge in [-0.15, -0.1) is 0 Å². The van der Waals surface area contributed by atoms with E-state index < -0.39 is 42.0 Å². The Bertz CT molecular complexity index is 815. The van der Waals surface area contributed by atoms with Gasteiger partial charge in [0.25, 0.3) is 5.91 Å². The number of hydrogen-bond acceptors (Lipinski definition) is 5. The summed E-state index contributed by atoms with van der Waals surface area (Å²) in [6.07, 6.45) is -1.19. The number of ether oxygens (including phenoxy) is 2.